The highest BCUT2D eigenvalue weighted by Crippen LogP contribution is 2.29. The van der Waals surface area contributed by atoms with Gasteiger partial charge in [-0.25, -0.2) is 4.79 Å². The Labute approximate surface area is 104 Å². The predicted octanol–water partition coefficient (Wildman–Crippen LogP) is 2.55. The van der Waals surface area contributed by atoms with Crippen LogP contribution in [0, 0.1) is 0 Å². The van der Waals surface area contributed by atoms with Crippen LogP contribution in [-0.4, -0.2) is 39.9 Å². The second-order valence-electron chi connectivity index (χ2n) is 6.47. The Morgan fingerprint density at radius 2 is 1.82 bits per heavy atom. The molecule has 0 aromatic rings. The first-order chi connectivity index (χ1) is 7.58. The van der Waals surface area contributed by atoms with Gasteiger partial charge in [0.05, 0.1) is 5.60 Å². The summed E-state index contributed by atoms with van der Waals surface area (Å²) in [7, 11) is 0. The largest absolute Gasteiger partial charge is 0.444 e. The zero-order valence-electron chi connectivity index (χ0n) is 11.6. The molecule has 0 aliphatic heterocycles. The molecule has 1 amide bonds. The van der Waals surface area contributed by atoms with Crippen molar-refractivity contribution in [2.45, 2.75) is 71.1 Å². The highest BCUT2D eigenvalue weighted by Gasteiger charge is 2.35. The van der Waals surface area contributed by atoms with Gasteiger partial charge in [-0.15, -0.1) is 0 Å². The molecule has 100 valence electrons. The standard InChI is InChI=1S/C13H25NO3/c1-12(2,3)17-11(15)14(10-6-7-10)9-8-13(4,5)16/h10,16H,6-9H2,1-5H3. The predicted molar refractivity (Wildman–Crippen MR) is 66.9 cm³/mol. The summed E-state index contributed by atoms with van der Waals surface area (Å²) in [6, 6.07) is 0.312. The Kier molecular flexibility index (Phi) is 4.07. The van der Waals surface area contributed by atoms with Gasteiger partial charge in [0.15, 0.2) is 0 Å². The number of carbonyl (C=O) groups excluding carboxylic acids is 1. The average Bonchev–Trinajstić information content (AvgIpc) is 2.82. The van der Waals surface area contributed by atoms with E-state index in [0.29, 0.717) is 19.0 Å². The van der Waals surface area contributed by atoms with Crippen molar-refractivity contribution in [1.82, 2.24) is 4.90 Å². The monoisotopic (exact) mass is 243 g/mol. The molecule has 0 aromatic carbocycles. The molecule has 17 heavy (non-hydrogen) atoms. The maximum Gasteiger partial charge on any atom is 0.410 e. The minimum atomic E-state index is -0.741. The quantitative estimate of drug-likeness (QED) is 0.825. The van der Waals surface area contributed by atoms with Crippen LogP contribution in [0.15, 0.2) is 0 Å². The molecule has 0 spiro atoms. The third kappa shape index (κ3) is 5.91. The number of carbonyl (C=O) groups is 1. The van der Waals surface area contributed by atoms with Gasteiger partial charge in [0.1, 0.15) is 5.60 Å². The highest BCUT2D eigenvalue weighted by atomic mass is 16.6. The van der Waals surface area contributed by atoms with Crippen LogP contribution in [-0.2, 0) is 4.74 Å². The van der Waals surface area contributed by atoms with Gasteiger partial charge in [0.2, 0.25) is 0 Å². The fraction of sp³-hybridized carbons (Fsp3) is 0.923. The van der Waals surface area contributed by atoms with Crippen LogP contribution in [0.4, 0.5) is 4.79 Å². The Bertz CT molecular complexity index is 271. The second-order valence-corrected chi connectivity index (χ2v) is 6.47. The number of hydrogen-bond acceptors (Lipinski definition) is 3. The lowest BCUT2D eigenvalue weighted by molar-refractivity contribution is 0.0138. The Morgan fingerprint density at radius 1 is 1.29 bits per heavy atom. The highest BCUT2D eigenvalue weighted by molar-refractivity contribution is 5.69. The summed E-state index contributed by atoms with van der Waals surface area (Å²) >= 11 is 0. The zero-order valence-corrected chi connectivity index (χ0v) is 11.6. The van der Waals surface area contributed by atoms with Gasteiger partial charge in [-0.05, 0) is 53.9 Å². The van der Waals surface area contributed by atoms with E-state index in [-0.39, 0.29) is 6.09 Å². The Morgan fingerprint density at radius 3 is 2.18 bits per heavy atom. The third-order valence-electron chi connectivity index (χ3n) is 2.58. The molecule has 4 nitrogen and oxygen atoms in total. The lowest BCUT2D eigenvalue weighted by Crippen LogP contribution is -2.40. The van der Waals surface area contributed by atoms with Crippen molar-refractivity contribution in [1.29, 1.82) is 0 Å². The van der Waals surface area contributed by atoms with E-state index < -0.39 is 11.2 Å². The summed E-state index contributed by atoms with van der Waals surface area (Å²) < 4.78 is 5.37. The van der Waals surface area contributed by atoms with Gasteiger partial charge in [-0.1, -0.05) is 0 Å². The van der Waals surface area contributed by atoms with E-state index in [1.165, 1.54) is 0 Å². The summed E-state index contributed by atoms with van der Waals surface area (Å²) in [5, 5.41) is 9.70. The van der Waals surface area contributed by atoms with Crippen LogP contribution in [0.3, 0.4) is 0 Å². The molecule has 0 radical (unpaired) electrons. The molecule has 1 fully saturated rings. The van der Waals surface area contributed by atoms with E-state index in [2.05, 4.69) is 0 Å². The number of amides is 1. The average molecular weight is 243 g/mol. The summed E-state index contributed by atoms with van der Waals surface area (Å²) in [6.45, 7) is 9.67. The fourth-order valence-electron chi connectivity index (χ4n) is 1.52. The number of hydrogen-bond donors (Lipinski definition) is 1. The summed E-state index contributed by atoms with van der Waals surface area (Å²) in [4.78, 5) is 13.7. The summed E-state index contributed by atoms with van der Waals surface area (Å²) in [6.07, 6.45) is 2.41. The first-order valence-corrected chi connectivity index (χ1v) is 6.30. The van der Waals surface area contributed by atoms with Crippen LogP contribution in [0.25, 0.3) is 0 Å². The third-order valence-corrected chi connectivity index (χ3v) is 2.58. The molecule has 0 aromatic heterocycles. The van der Waals surface area contributed by atoms with Crippen molar-refractivity contribution in [2.75, 3.05) is 6.54 Å². The number of nitrogens with zero attached hydrogens (tertiary/aromatic N) is 1. The van der Waals surface area contributed by atoms with Crippen LogP contribution < -0.4 is 0 Å². The topological polar surface area (TPSA) is 49.8 Å². The van der Waals surface area contributed by atoms with E-state index in [1.54, 1.807) is 18.7 Å². The first kappa shape index (κ1) is 14.3. The number of aliphatic hydroxyl groups is 1. The molecule has 4 heteroatoms. The van der Waals surface area contributed by atoms with Crippen molar-refractivity contribution < 1.29 is 14.6 Å². The van der Waals surface area contributed by atoms with Crippen molar-refractivity contribution >= 4 is 6.09 Å². The first-order valence-electron chi connectivity index (χ1n) is 6.30. The lowest BCUT2D eigenvalue weighted by atomic mass is 10.1. The molecule has 0 bridgehead atoms. The molecule has 0 atom stereocenters. The molecule has 0 unspecified atom stereocenters. The molecular weight excluding hydrogens is 218 g/mol. The summed E-state index contributed by atoms with van der Waals surface area (Å²) in [5.41, 5.74) is -1.20. The maximum atomic E-state index is 12.0. The van der Waals surface area contributed by atoms with Crippen LogP contribution >= 0.6 is 0 Å². The van der Waals surface area contributed by atoms with Crippen molar-refractivity contribution in [3.8, 4) is 0 Å². The second kappa shape index (κ2) is 4.84. The van der Waals surface area contributed by atoms with Crippen molar-refractivity contribution in [3.05, 3.63) is 0 Å². The van der Waals surface area contributed by atoms with Crippen molar-refractivity contribution in [2.24, 2.45) is 0 Å². The van der Waals surface area contributed by atoms with Gasteiger partial charge in [-0.3, -0.25) is 0 Å². The van der Waals surface area contributed by atoms with E-state index in [9.17, 15) is 9.90 Å². The van der Waals surface area contributed by atoms with Gasteiger partial charge in [0, 0.05) is 12.6 Å². The van der Waals surface area contributed by atoms with Crippen molar-refractivity contribution in [3.63, 3.8) is 0 Å². The van der Waals surface area contributed by atoms with Gasteiger partial charge >= 0.3 is 6.09 Å². The normalized spacial score (nSPS) is 16.8. The SMILES string of the molecule is CC(C)(O)CCN(C(=O)OC(C)(C)C)C1CC1. The number of rotatable bonds is 4. The molecule has 1 rings (SSSR count). The maximum absolute atomic E-state index is 12.0. The Hall–Kier alpha value is -0.770. The van der Waals surface area contributed by atoms with Gasteiger partial charge in [0.25, 0.3) is 0 Å². The molecule has 1 aliphatic rings. The molecule has 1 saturated carbocycles. The molecular formula is C13H25NO3. The lowest BCUT2D eigenvalue weighted by Gasteiger charge is -2.29. The summed E-state index contributed by atoms with van der Waals surface area (Å²) in [5.74, 6) is 0. The minimum Gasteiger partial charge on any atom is -0.444 e. The fourth-order valence-corrected chi connectivity index (χ4v) is 1.52. The van der Waals surface area contributed by atoms with Gasteiger partial charge in [-0.2, -0.15) is 0 Å². The molecule has 1 aliphatic carbocycles. The molecule has 0 saturated heterocycles. The van der Waals surface area contributed by atoms with Crippen LogP contribution in [0.2, 0.25) is 0 Å². The number of ether oxygens (including phenoxy) is 1. The van der Waals surface area contributed by atoms with Gasteiger partial charge < -0.3 is 14.7 Å². The van der Waals surface area contributed by atoms with Crippen LogP contribution in [0.1, 0.15) is 53.9 Å². The smallest absolute Gasteiger partial charge is 0.410 e. The van der Waals surface area contributed by atoms with E-state index in [4.69, 9.17) is 4.74 Å². The molecule has 1 N–H and O–H groups in total. The Balaban J connectivity index is 2.51. The van der Waals surface area contributed by atoms with E-state index in [1.807, 2.05) is 20.8 Å². The minimum absolute atomic E-state index is 0.260. The molecule has 0 heterocycles. The van der Waals surface area contributed by atoms with Crippen LogP contribution in [0.5, 0.6) is 0 Å². The van der Waals surface area contributed by atoms with E-state index >= 15 is 0 Å². The zero-order chi connectivity index (χ0) is 13.3. The van der Waals surface area contributed by atoms with E-state index in [0.717, 1.165) is 12.8 Å².